The van der Waals surface area contributed by atoms with Gasteiger partial charge in [0.25, 0.3) is 0 Å². The van der Waals surface area contributed by atoms with Gasteiger partial charge in [-0.1, -0.05) is 115 Å². The van der Waals surface area contributed by atoms with Crippen molar-refractivity contribution in [3.63, 3.8) is 0 Å². The molecule has 1 aliphatic carbocycles. The van der Waals surface area contributed by atoms with Crippen LogP contribution in [0.3, 0.4) is 0 Å². The molecule has 8 aromatic rings. The Morgan fingerprint density at radius 2 is 0.979 bits per heavy atom. The third-order valence-electron chi connectivity index (χ3n) is 9.99. The third-order valence-corrected chi connectivity index (χ3v) is 9.99. The van der Waals surface area contributed by atoms with E-state index in [1.165, 1.54) is 44.8 Å². The molecule has 3 nitrogen and oxygen atoms in total. The quantitative estimate of drug-likeness (QED) is 0.201. The molecule has 1 aliphatic heterocycles. The van der Waals surface area contributed by atoms with E-state index in [0.717, 1.165) is 33.8 Å². The Kier molecular flexibility index (Phi) is 5.49. The van der Waals surface area contributed by atoms with Crippen LogP contribution in [0.4, 0.5) is 17.1 Å². The molecule has 2 heterocycles. The van der Waals surface area contributed by atoms with Gasteiger partial charge in [-0.2, -0.15) is 0 Å². The minimum atomic E-state index is -0.510. The van der Waals surface area contributed by atoms with E-state index < -0.39 is 5.41 Å². The molecule has 0 N–H and O–H groups in total. The lowest BCUT2D eigenvalue weighted by molar-refractivity contribution is 0.752. The molecule has 1 spiro atoms. The first-order valence-corrected chi connectivity index (χ1v) is 16.2. The lowest BCUT2D eigenvalue weighted by Crippen LogP contribution is -2.36. The molecule has 0 amide bonds. The lowest BCUT2D eigenvalue weighted by Gasteiger charge is -2.45. The van der Waals surface area contributed by atoms with Crippen molar-refractivity contribution in [3.05, 3.63) is 198 Å². The van der Waals surface area contributed by atoms with E-state index in [-0.39, 0.29) is 0 Å². The number of aromatic nitrogens is 2. The Morgan fingerprint density at radius 1 is 0.426 bits per heavy atom. The van der Waals surface area contributed by atoms with Crippen molar-refractivity contribution in [1.82, 2.24) is 9.55 Å². The summed E-state index contributed by atoms with van der Waals surface area (Å²) >= 11 is 0. The summed E-state index contributed by atoms with van der Waals surface area (Å²) in [5.74, 6) is 0.931. The number of anilines is 3. The zero-order chi connectivity index (χ0) is 31.0. The maximum atomic E-state index is 5.28. The van der Waals surface area contributed by atoms with Crippen LogP contribution >= 0.6 is 0 Å². The number of hydrogen-bond acceptors (Lipinski definition) is 2. The Hall–Kier alpha value is -6.19. The van der Waals surface area contributed by atoms with Gasteiger partial charge in [-0.15, -0.1) is 0 Å². The van der Waals surface area contributed by atoms with Crippen molar-refractivity contribution in [1.29, 1.82) is 0 Å². The average Bonchev–Trinajstić information content (AvgIpc) is 3.68. The van der Waals surface area contributed by atoms with Gasteiger partial charge in [0.2, 0.25) is 0 Å². The highest BCUT2D eigenvalue weighted by molar-refractivity contribution is 5.96. The largest absolute Gasteiger partial charge is 0.310 e. The molecule has 47 heavy (non-hydrogen) atoms. The van der Waals surface area contributed by atoms with Crippen LogP contribution < -0.4 is 4.90 Å². The SMILES string of the molecule is c1ccc(N2c3ccccc3C3(c4ccccc4-c4ccccc43)c3cc(-c4nc5ccccc5n4-c4ccccc4)ccc32)cc1. The third kappa shape index (κ3) is 3.54. The highest BCUT2D eigenvalue weighted by atomic mass is 15.2. The summed E-state index contributed by atoms with van der Waals surface area (Å²) in [7, 11) is 0. The number of para-hydroxylation sites is 5. The average molecular weight is 600 g/mol. The van der Waals surface area contributed by atoms with Gasteiger partial charge in [0.15, 0.2) is 0 Å². The van der Waals surface area contributed by atoms with Crippen LogP contribution in [0.25, 0.3) is 39.2 Å². The van der Waals surface area contributed by atoms with Gasteiger partial charge in [-0.25, -0.2) is 4.98 Å². The van der Waals surface area contributed by atoms with Gasteiger partial charge in [-0.05, 0) is 94.0 Å². The molecule has 220 valence electrons. The standard InChI is InChI=1S/C44H29N3/c1-3-15-31(16-4-1)46-40-25-13-11-23-37(40)44(35-21-9-7-19-33(35)34-20-8-10-22-36(34)44)38-29-30(27-28-41(38)46)43-45-39-24-12-14-26-42(39)47(43)32-17-5-2-6-18-32/h1-29H. The maximum Gasteiger partial charge on any atom is 0.145 e. The number of imidazole rings is 1. The highest BCUT2D eigenvalue weighted by Gasteiger charge is 2.51. The van der Waals surface area contributed by atoms with Crippen LogP contribution in [0.1, 0.15) is 22.3 Å². The fourth-order valence-electron chi connectivity index (χ4n) is 8.16. The Balaban J connectivity index is 1.34. The second kappa shape index (κ2) is 9.90. The van der Waals surface area contributed by atoms with Crippen LogP contribution in [-0.4, -0.2) is 9.55 Å². The Bertz CT molecular complexity index is 2430. The molecule has 0 saturated carbocycles. The highest BCUT2D eigenvalue weighted by Crippen LogP contribution is 2.63. The van der Waals surface area contributed by atoms with Gasteiger partial charge in [0.05, 0.1) is 27.8 Å². The monoisotopic (exact) mass is 599 g/mol. The van der Waals surface area contributed by atoms with E-state index in [1.807, 2.05) is 0 Å². The molecule has 0 radical (unpaired) electrons. The first-order valence-electron chi connectivity index (χ1n) is 16.2. The Labute approximate surface area is 273 Å². The molecule has 7 aromatic carbocycles. The fraction of sp³-hybridized carbons (Fsp3) is 0.0227. The second-order valence-electron chi connectivity index (χ2n) is 12.4. The molecule has 0 saturated heterocycles. The van der Waals surface area contributed by atoms with Crippen LogP contribution in [-0.2, 0) is 5.41 Å². The summed E-state index contributed by atoms with van der Waals surface area (Å²) in [5.41, 5.74) is 15.0. The molecule has 10 rings (SSSR count). The number of hydrogen-bond donors (Lipinski definition) is 0. The zero-order valence-electron chi connectivity index (χ0n) is 25.6. The van der Waals surface area contributed by atoms with Crippen molar-refractivity contribution >= 4 is 28.1 Å². The predicted octanol–water partition coefficient (Wildman–Crippen LogP) is 10.8. The van der Waals surface area contributed by atoms with Gasteiger partial charge < -0.3 is 4.90 Å². The van der Waals surface area contributed by atoms with Gasteiger partial charge in [0.1, 0.15) is 5.82 Å². The van der Waals surface area contributed by atoms with E-state index >= 15 is 0 Å². The van der Waals surface area contributed by atoms with Crippen molar-refractivity contribution in [2.45, 2.75) is 5.41 Å². The van der Waals surface area contributed by atoms with E-state index in [0.29, 0.717) is 0 Å². The summed E-state index contributed by atoms with van der Waals surface area (Å²) in [5, 5.41) is 0. The summed E-state index contributed by atoms with van der Waals surface area (Å²) in [4.78, 5) is 7.72. The van der Waals surface area contributed by atoms with E-state index in [1.54, 1.807) is 0 Å². The first-order chi connectivity index (χ1) is 23.3. The molecule has 1 aromatic heterocycles. The lowest BCUT2D eigenvalue weighted by atomic mass is 9.64. The summed E-state index contributed by atoms with van der Waals surface area (Å²) in [6.07, 6.45) is 0. The van der Waals surface area contributed by atoms with Crippen molar-refractivity contribution in [2.24, 2.45) is 0 Å². The molecular formula is C44H29N3. The van der Waals surface area contributed by atoms with Crippen LogP contribution in [0.2, 0.25) is 0 Å². The molecule has 0 fully saturated rings. The van der Waals surface area contributed by atoms with Crippen molar-refractivity contribution in [2.75, 3.05) is 4.90 Å². The topological polar surface area (TPSA) is 21.1 Å². The van der Waals surface area contributed by atoms with Crippen LogP contribution in [0, 0.1) is 0 Å². The molecule has 2 aliphatic rings. The second-order valence-corrected chi connectivity index (χ2v) is 12.4. The smallest absolute Gasteiger partial charge is 0.145 e. The van der Waals surface area contributed by atoms with Gasteiger partial charge in [0, 0.05) is 16.9 Å². The molecule has 0 atom stereocenters. The molecule has 3 heteroatoms. The maximum absolute atomic E-state index is 5.28. The van der Waals surface area contributed by atoms with Crippen LogP contribution in [0.5, 0.6) is 0 Å². The molecule has 0 bridgehead atoms. The first kappa shape index (κ1) is 26.1. The zero-order valence-corrected chi connectivity index (χ0v) is 25.6. The fourth-order valence-corrected chi connectivity index (χ4v) is 8.16. The van der Waals surface area contributed by atoms with Gasteiger partial charge >= 0.3 is 0 Å². The van der Waals surface area contributed by atoms with E-state index in [2.05, 4.69) is 185 Å². The van der Waals surface area contributed by atoms with Crippen LogP contribution in [0.15, 0.2) is 176 Å². The minimum absolute atomic E-state index is 0.510. The van der Waals surface area contributed by atoms with Crippen molar-refractivity contribution in [3.8, 4) is 28.2 Å². The summed E-state index contributed by atoms with van der Waals surface area (Å²) < 4.78 is 2.30. The predicted molar refractivity (Wildman–Crippen MR) is 192 cm³/mol. The van der Waals surface area contributed by atoms with E-state index in [9.17, 15) is 0 Å². The minimum Gasteiger partial charge on any atom is -0.310 e. The van der Waals surface area contributed by atoms with Gasteiger partial charge in [-0.3, -0.25) is 4.57 Å². The summed E-state index contributed by atoms with van der Waals surface area (Å²) in [6.45, 7) is 0. The number of nitrogens with zero attached hydrogens (tertiary/aromatic N) is 3. The van der Waals surface area contributed by atoms with E-state index in [4.69, 9.17) is 4.98 Å². The molecule has 0 unspecified atom stereocenters. The normalized spacial score (nSPS) is 13.7. The number of benzene rings is 7. The number of rotatable bonds is 3. The molecular weight excluding hydrogens is 571 g/mol. The summed E-state index contributed by atoms with van der Waals surface area (Å²) in [6, 6.07) is 63.6. The number of fused-ring (bicyclic) bond motifs is 10. The van der Waals surface area contributed by atoms with Crippen molar-refractivity contribution < 1.29 is 0 Å². The Morgan fingerprint density at radius 3 is 1.70 bits per heavy atom.